The second kappa shape index (κ2) is 6.45. The van der Waals surface area contributed by atoms with Gasteiger partial charge in [-0.3, -0.25) is 4.90 Å². The summed E-state index contributed by atoms with van der Waals surface area (Å²) < 4.78 is 0. The lowest BCUT2D eigenvalue weighted by Crippen LogP contribution is -2.52. The van der Waals surface area contributed by atoms with Gasteiger partial charge in [0.1, 0.15) is 5.92 Å². The molecule has 3 atom stereocenters. The van der Waals surface area contributed by atoms with Crippen LogP contribution in [0.5, 0.6) is 0 Å². The molecule has 0 spiro atoms. The van der Waals surface area contributed by atoms with Crippen LogP contribution in [0.25, 0.3) is 0 Å². The largest absolute Gasteiger partial charge is 0.305 e. The Morgan fingerprint density at radius 3 is 2.56 bits per heavy atom. The molecule has 126 valence electrons. The Balaban J connectivity index is 2.24. The van der Waals surface area contributed by atoms with Crippen molar-refractivity contribution < 1.29 is 0 Å². The molecule has 0 bridgehead atoms. The number of nitriles is 3. The van der Waals surface area contributed by atoms with Gasteiger partial charge < -0.3 is 5.41 Å². The Labute approximate surface area is 151 Å². The monoisotopic (exact) mass is 349 g/mol. The molecule has 6 heteroatoms. The lowest BCUT2D eigenvalue weighted by atomic mass is 9.55. The van der Waals surface area contributed by atoms with Gasteiger partial charge in [-0.1, -0.05) is 13.0 Å². The fourth-order valence-electron chi connectivity index (χ4n) is 4.05. The SMILES string of the molecule is CCN1CC=C2C(C#N)C(=N)C(C#N)(C#N)[C@@H](c3ccc(C)s3)[C@H]2C1. The van der Waals surface area contributed by atoms with Gasteiger partial charge in [-0.25, -0.2) is 0 Å². The van der Waals surface area contributed by atoms with Crippen LogP contribution in [0.4, 0.5) is 0 Å². The van der Waals surface area contributed by atoms with Crippen LogP contribution in [0.2, 0.25) is 0 Å². The van der Waals surface area contributed by atoms with Crippen molar-refractivity contribution in [2.24, 2.45) is 17.3 Å². The van der Waals surface area contributed by atoms with Gasteiger partial charge in [-0.2, -0.15) is 15.8 Å². The molecular weight excluding hydrogens is 330 g/mol. The van der Waals surface area contributed by atoms with E-state index in [2.05, 4.69) is 30.0 Å². The predicted molar refractivity (Wildman–Crippen MR) is 96.0 cm³/mol. The van der Waals surface area contributed by atoms with Gasteiger partial charge in [0.25, 0.3) is 0 Å². The van der Waals surface area contributed by atoms with Gasteiger partial charge in [0.15, 0.2) is 5.41 Å². The first-order chi connectivity index (χ1) is 12.0. The van der Waals surface area contributed by atoms with E-state index in [0.29, 0.717) is 6.54 Å². The Bertz CT molecular complexity index is 846. The predicted octanol–water partition coefficient (Wildman–Crippen LogP) is 3.22. The van der Waals surface area contributed by atoms with Gasteiger partial charge in [0.2, 0.25) is 0 Å². The molecule has 3 rings (SSSR count). The molecule has 1 unspecified atom stereocenters. The van der Waals surface area contributed by atoms with Crippen LogP contribution in [0.15, 0.2) is 23.8 Å². The average molecular weight is 349 g/mol. The first-order valence-corrected chi connectivity index (χ1v) is 9.13. The Hall–Kier alpha value is -2.46. The van der Waals surface area contributed by atoms with Gasteiger partial charge in [-0.05, 0) is 31.2 Å². The fourth-order valence-corrected chi connectivity index (χ4v) is 5.16. The Kier molecular flexibility index (Phi) is 4.48. The van der Waals surface area contributed by atoms with Crippen LogP contribution in [0, 0.1) is 63.6 Å². The molecule has 0 aromatic carbocycles. The maximum Gasteiger partial charge on any atom is 0.190 e. The lowest BCUT2D eigenvalue weighted by molar-refractivity contribution is 0.213. The molecule has 1 aromatic heterocycles. The van der Waals surface area contributed by atoms with E-state index in [1.165, 1.54) is 0 Å². The second-order valence-electron chi connectivity index (χ2n) is 6.60. The minimum absolute atomic E-state index is 0.0662. The highest BCUT2D eigenvalue weighted by atomic mass is 32.1. The summed E-state index contributed by atoms with van der Waals surface area (Å²) in [5.41, 5.74) is -0.742. The van der Waals surface area contributed by atoms with E-state index in [0.717, 1.165) is 28.4 Å². The van der Waals surface area contributed by atoms with Crippen LogP contribution >= 0.6 is 11.3 Å². The number of nitrogens with zero attached hydrogens (tertiary/aromatic N) is 4. The van der Waals surface area contributed by atoms with Crippen molar-refractivity contribution in [2.45, 2.75) is 19.8 Å². The molecule has 1 fully saturated rings. The Morgan fingerprint density at radius 1 is 1.32 bits per heavy atom. The first-order valence-electron chi connectivity index (χ1n) is 8.32. The maximum atomic E-state index is 9.93. The van der Waals surface area contributed by atoms with Crippen LogP contribution in [-0.2, 0) is 0 Å². The van der Waals surface area contributed by atoms with Crippen molar-refractivity contribution in [1.82, 2.24) is 4.90 Å². The van der Waals surface area contributed by atoms with Gasteiger partial charge >= 0.3 is 0 Å². The molecule has 1 aliphatic carbocycles. The topological polar surface area (TPSA) is 98.5 Å². The minimum Gasteiger partial charge on any atom is -0.305 e. The summed E-state index contributed by atoms with van der Waals surface area (Å²) in [5.74, 6) is -1.27. The molecule has 25 heavy (non-hydrogen) atoms. The summed E-state index contributed by atoms with van der Waals surface area (Å²) in [7, 11) is 0. The summed E-state index contributed by atoms with van der Waals surface area (Å²) in [4.78, 5) is 4.32. The summed E-state index contributed by atoms with van der Waals surface area (Å²) in [5, 5.41) is 38.0. The van der Waals surface area contributed by atoms with Crippen LogP contribution in [0.1, 0.15) is 22.6 Å². The zero-order valence-corrected chi connectivity index (χ0v) is 15.1. The maximum absolute atomic E-state index is 9.93. The quantitative estimate of drug-likeness (QED) is 0.829. The van der Waals surface area contributed by atoms with Crippen molar-refractivity contribution in [1.29, 1.82) is 21.2 Å². The van der Waals surface area contributed by atoms with E-state index < -0.39 is 17.3 Å². The summed E-state index contributed by atoms with van der Waals surface area (Å²) in [6.07, 6.45) is 2.03. The van der Waals surface area contributed by atoms with E-state index in [4.69, 9.17) is 5.41 Å². The third-order valence-corrected chi connectivity index (χ3v) is 6.46. The van der Waals surface area contributed by atoms with Crippen molar-refractivity contribution in [3.63, 3.8) is 0 Å². The van der Waals surface area contributed by atoms with Crippen molar-refractivity contribution in [3.05, 3.63) is 33.5 Å². The van der Waals surface area contributed by atoms with Crippen molar-refractivity contribution in [3.8, 4) is 18.2 Å². The molecular formula is C19H19N5S. The number of hydrogen-bond donors (Lipinski definition) is 1. The molecule has 2 heterocycles. The molecule has 5 nitrogen and oxygen atoms in total. The van der Waals surface area contributed by atoms with Gasteiger partial charge in [0, 0.05) is 34.7 Å². The Morgan fingerprint density at radius 2 is 2.04 bits per heavy atom. The normalized spacial score (nSPS) is 28.2. The van der Waals surface area contributed by atoms with Crippen LogP contribution < -0.4 is 0 Å². The van der Waals surface area contributed by atoms with Crippen molar-refractivity contribution >= 4 is 17.0 Å². The number of nitrogens with one attached hydrogen (secondary N) is 1. The molecule has 1 saturated carbocycles. The summed E-state index contributed by atoms with van der Waals surface area (Å²) in [6.45, 7) is 6.41. The van der Waals surface area contributed by atoms with E-state index in [1.54, 1.807) is 11.3 Å². The molecule has 1 N–H and O–H groups in total. The number of hydrogen-bond acceptors (Lipinski definition) is 6. The smallest absolute Gasteiger partial charge is 0.190 e. The van der Waals surface area contributed by atoms with Gasteiger partial charge in [-0.15, -0.1) is 11.3 Å². The van der Waals surface area contributed by atoms with E-state index in [1.807, 2.05) is 25.1 Å². The zero-order chi connectivity index (χ0) is 18.2. The second-order valence-corrected chi connectivity index (χ2v) is 7.92. The number of fused-ring (bicyclic) bond motifs is 1. The van der Waals surface area contributed by atoms with Gasteiger partial charge in [0.05, 0.1) is 23.9 Å². The first kappa shape index (κ1) is 17.4. The molecule has 1 aromatic rings. The van der Waals surface area contributed by atoms with Crippen LogP contribution in [0.3, 0.4) is 0 Å². The third kappa shape index (κ3) is 2.48. The number of rotatable bonds is 2. The summed E-state index contributed by atoms with van der Waals surface area (Å²) >= 11 is 1.58. The number of likely N-dealkylation sites (N-methyl/N-ethyl adjacent to an activating group) is 1. The standard InChI is InChI=1S/C19H19N5S/c1-3-24-7-6-13-14(8-20)18(23)19(10-21,11-22)17(15(13)9-24)16-5-4-12(2)25-16/h4-6,14-15,17,23H,3,7,9H2,1-2H3/t14?,15-,17+/m0/s1. The third-order valence-electron chi connectivity index (χ3n) is 5.38. The van der Waals surface area contributed by atoms with E-state index in [-0.39, 0.29) is 11.6 Å². The molecule has 0 radical (unpaired) electrons. The van der Waals surface area contributed by atoms with E-state index in [9.17, 15) is 15.8 Å². The minimum atomic E-state index is -1.59. The van der Waals surface area contributed by atoms with Crippen LogP contribution in [-0.4, -0.2) is 30.2 Å². The molecule has 0 saturated heterocycles. The molecule has 0 amide bonds. The average Bonchev–Trinajstić information content (AvgIpc) is 3.06. The molecule has 2 aliphatic rings. The summed E-state index contributed by atoms with van der Waals surface area (Å²) in [6, 6.07) is 10.4. The highest BCUT2D eigenvalue weighted by Crippen LogP contribution is 2.54. The lowest BCUT2D eigenvalue weighted by Gasteiger charge is -2.47. The highest BCUT2D eigenvalue weighted by molar-refractivity contribution is 7.12. The number of thiophene rings is 1. The van der Waals surface area contributed by atoms with Crippen molar-refractivity contribution in [2.75, 3.05) is 19.6 Å². The van der Waals surface area contributed by atoms with E-state index >= 15 is 0 Å². The zero-order valence-electron chi connectivity index (χ0n) is 14.3. The fraction of sp³-hybridized carbons (Fsp3) is 0.474. The molecule has 1 aliphatic heterocycles. The highest BCUT2D eigenvalue weighted by Gasteiger charge is 2.58. The number of aryl methyl sites for hydroxylation is 1.